The van der Waals surface area contributed by atoms with E-state index in [0.717, 1.165) is 0 Å². The number of primary amides is 1. The van der Waals surface area contributed by atoms with Crippen LogP contribution in [0.15, 0.2) is 41.7 Å². The molecular formula is C27H32N4O9. The van der Waals surface area contributed by atoms with Gasteiger partial charge < -0.3 is 41.9 Å². The Labute approximate surface area is 229 Å². The van der Waals surface area contributed by atoms with Crippen molar-refractivity contribution in [3.63, 3.8) is 0 Å². The number of phenolic OH excluding ortho intramolecular Hbond substituents is 1. The van der Waals surface area contributed by atoms with E-state index in [9.17, 15) is 44.7 Å². The molecule has 1 aromatic rings. The molecule has 0 aliphatic heterocycles. The van der Waals surface area contributed by atoms with Gasteiger partial charge in [-0.25, -0.2) is 0 Å². The first kappa shape index (κ1) is 28.8. The van der Waals surface area contributed by atoms with Gasteiger partial charge in [-0.2, -0.15) is 0 Å². The summed E-state index contributed by atoms with van der Waals surface area (Å²) < 4.78 is 0. The van der Waals surface area contributed by atoms with Gasteiger partial charge in [-0.3, -0.25) is 24.1 Å². The maximum absolute atomic E-state index is 14.0. The molecular weight excluding hydrogens is 524 g/mol. The van der Waals surface area contributed by atoms with Gasteiger partial charge >= 0.3 is 0 Å². The van der Waals surface area contributed by atoms with Gasteiger partial charge in [0.25, 0.3) is 5.91 Å². The summed E-state index contributed by atoms with van der Waals surface area (Å²) in [5, 5.41) is 61.9. The number of Topliss-reactive ketones (excluding diaryl/α,β-unsaturated/α-hetero) is 2. The molecule has 40 heavy (non-hydrogen) atoms. The molecule has 3 aliphatic rings. The molecule has 1 aromatic carbocycles. The Balaban J connectivity index is 1.89. The molecule has 0 heterocycles. The Bertz CT molecular complexity index is 1400. The number of aliphatic hydroxyl groups is 4. The van der Waals surface area contributed by atoms with Crippen LogP contribution in [-0.2, 0) is 19.2 Å². The molecule has 13 heteroatoms. The van der Waals surface area contributed by atoms with E-state index < -0.39 is 87.3 Å². The minimum atomic E-state index is -2.99. The van der Waals surface area contributed by atoms with E-state index in [4.69, 9.17) is 5.73 Å². The van der Waals surface area contributed by atoms with Crippen LogP contribution in [0.1, 0.15) is 24.0 Å². The zero-order valence-corrected chi connectivity index (χ0v) is 22.1. The van der Waals surface area contributed by atoms with Crippen molar-refractivity contribution >= 4 is 34.8 Å². The van der Waals surface area contributed by atoms with Crippen molar-refractivity contribution in [2.75, 3.05) is 32.5 Å². The Morgan fingerprint density at radius 1 is 1.20 bits per heavy atom. The summed E-state index contributed by atoms with van der Waals surface area (Å²) in [4.78, 5) is 52.6. The van der Waals surface area contributed by atoms with Gasteiger partial charge in [0.15, 0.2) is 11.4 Å². The van der Waals surface area contributed by atoms with Crippen molar-refractivity contribution in [2.24, 2.45) is 17.6 Å². The van der Waals surface area contributed by atoms with Gasteiger partial charge in [0.2, 0.25) is 11.7 Å². The number of phenols is 1. The van der Waals surface area contributed by atoms with Gasteiger partial charge in [-0.05, 0) is 31.6 Å². The van der Waals surface area contributed by atoms with Crippen LogP contribution in [0.2, 0.25) is 0 Å². The van der Waals surface area contributed by atoms with E-state index in [1.54, 1.807) is 13.0 Å². The van der Waals surface area contributed by atoms with Gasteiger partial charge in [-0.1, -0.05) is 19.1 Å². The minimum Gasteiger partial charge on any atom is -0.508 e. The lowest BCUT2D eigenvalue weighted by Gasteiger charge is -2.53. The highest BCUT2D eigenvalue weighted by Gasteiger charge is 2.68. The van der Waals surface area contributed by atoms with Crippen LogP contribution in [0.3, 0.4) is 0 Å². The molecule has 1 fully saturated rings. The largest absolute Gasteiger partial charge is 0.508 e. The van der Waals surface area contributed by atoms with Crippen LogP contribution >= 0.6 is 0 Å². The molecule has 3 aliphatic carbocycles. The molecule has 4 rings (SSSR count). The Morgan fingerprint density at radius 2 is 1.85 bits per heavy atom. The van der Waals surface area contributed by atoms with Crippen LogP contribution in [-0.4, -0.2) is 98.7 Å². The average Bonchev–Trinajstić information content (AvgIpc) is 2.88. The lowest BCUT2D eigenvalue weighted by atomic mass is 9.54. The number of carbonyl (C=O) groups excluding carboxylic acids is 4. The summed E-state index contributed by atoms with van der Waals surface area (Å²) in [6.07, 6.45) is -0.184. The zero-order chi connectivity index (χ0) is 29.8. The number of rotatable bonds is 7. The fourth-order valence-electron chi connectivity index (χ4n) is 6.18. The van der Waals surface area contributed by atoms with E-state index in [0.29, 0.717) is 5.56 Å². The number of benzene rings is 1. The van der Waals surface area contributed by atoms with E-state index in [-0.39, 0.29) is 24.3 Å². The summed E-state index contributed by atoms with van der Waals surface area (Å²) >= 11 is 0. The molecule has 0 bridgehead atoms. The number of carbonyl (C=O) groups is 4. The fourth-order valence-corrected chi connectivity index (χ4v) is 6.18. The number of anilines is 1. The molecule has 2 amide bonds. The second-order valence-electron chi connectivity index (χ2n) is 10.4. The number of amides is 2. The maximum Gasteiger partial charge on any atom is 0.255 e. The summed E-state index contributed by atoms with van der Waals surface area (Å²) in [6.45, 7) is 5.14. The number of nitrogens with zero attached hydrogens (tertiary/aromatic N) is 1. The van der Waals surface area contributed by atoms with Crippen LogP contribution in [0.4, 0.5) is 5.69 Å². The molecule has 13 nitrogen and oxygen atoms in total. The number of ketones is 2. The minimum absolute atomic E-state index is 0.0559. The quantitative estimate of drug-likeness (QED) is 0.118. The number of hydrogen-bond acceptors (Lipinski definition) is 11. The van der Waals surface area contributed by atoms with E-state index in [1.807, 2.05) is 0 Å². The molecule has 0 unspecified atom stereocenters. The normalized spacial score (nSPS) is 29.5. The molecule has 0 aromatic heterocycles. The second kappa shape index (κ2) is 10.1. The predicted molar refractivity (Wildman–Crippen MR) is 142 cm³/mol. The first-order chi connectivity index (χ1) is 18.7. The van der Waals surface area contributed by atoms with Crippen molar-refractivity contribution < 1.29 is 44.7 Å². The summed E-state index contributed by atoms with van der Waals surface area (Å²) in [5.74, 6) is -10.1. The number of hydrogen-bond donors (Lipinski definition) is 8. The number of fused-ring (bicyclic) bond motifs is 3. The number of likely N-dealkylation sites (N-methyl/N-ethyl adjacent to an activating group) is 1. The molecule has 6 atom stereocenters. The third-order valence-electron chi connectivity index (χ3n) is 8.01. The number of aromatic hydroxyl groups is 1. The van der Waals surface area contributed by atoms with Crippen LogP contribution in [0.25, 0.3) is 5.76 Å². The monoisotopic (exact) mass is 556 g/mol. The molecule has 9 N–H and O–H groups in total. The Kier molecular flexibility index (Phi) is 7.26. The zero-order valence-electron chi connectivity index (χ0n) is 22.1. The van der Waals surface area contributed by atoms with Crippen molar-refractivity contribution in [3.8, 4) is 5.75 Å². The Hall–Kier alpha value is -4.20. The first-order valence-corrected chi connectivity index (χ1v) is 12.5. The first-order valence-electron chi connectivity index (χ1n) is 12.5. The van der Waals surface area contributed by atoms with Gasteiger partial charge in [0.1, 0.15) is 22.8 Å². The molecule has 0 spiro atoms. The summed E-state index contributed by atoms with van der Waals surface area (Å²) in [5.41, 5.74) is 1.08. The van der Waals surface area contributed by atoms with E-state index in [1.165, 1.54) is 31.1 Å². The highest BCUT2D eigenvalue weighted by Crippen LogP contribution is 2.56. The van der Waals surface area contributed by atoms with Gasteiger partial charge in [0, 0.05) is 18.0 Å². The highest BCUT2D eigenvalue weighted by molar-refractivity contribution is 6.24. The SMILES string of the molecule is C=CCNC(=O)CNc1ccc2c(c1O)C(O)=C1C(=O)[C@@]3(O)C(O)=C(C(N)=O)C(=O)[C@@H](N(C)C)[C@H]3[C@H](O)[C@H]1[C@@H]2C. The highest BCUT2D eigenvalue weighted by atomic mass is 16.4. The van der Waals surface area contributed by atoms with Crippen LogP contribution in [0.5, 0.6) is 5.75 Å². The fraction of sp³-hybridized carbons (Fsp3) is 0.407. The van der Waals surface area contributed by atoms with E-state index in [2.05, 4.69) is 17.2 Å². The topological polar surface area (TPSA) is 223 Å². The van der Waals surface area contributed by atoms with Gasteiger partial charge in [-0.15, -0.1) is 6.58 Å². The lowest BCUT2D eigenvalue weighted by Crippen LogP contribution is -2.70. The van der Waals surface area contributed by atoms with E-state index >= 15 is 0 Å². The van der Waals surface area contributed by atoms with Crippen molar-refractivity contribution in [1.29, 1.82) is 0 Å². The smallest absolute Gasteiger partial charge is 0.255 e. The lowest BCUT2D eigenvalue weighted by molar-refractivity contribution is -0.169. The van der Waals surface area contributed by atoms with Gasteiger partial charge in [0.05, 0.1) is 35.9 Å². The maximum atomic E-state index is 14.0. The molecule has 1 saturated carbocycles. The predicted octanol–water partition coefficient (Wildman–Crippen LogP) is -0.790. The number of nitrogens with two attached hydrogens (primary N) is 1. The summed E-state index contributed by atoms with van der Waals surface area (Å²) in [6, 6.07) is 1.59. The molecule has 214 valence electrons. The summed E-state index contributed by atoms with van der Waals surface area (Å²) in [7, 11) is 2.88. The van der Waals surface area contributed by atoms with Crippen molar-refractivity contribution in [1.82, 2.24) is 10.2 Å². The Morgan fingerprint density at radius 3 is 2.42 bits per heavy atom. The second-order valence-corrected chi connectivity index (χ2v) is 10.4. The average molecular weight is 557 g/mol. The van der Waals surface area contributed by atoms with Crippen molar-refractivity contribution in [2.45, 2.75) is 30.6 Å². The number of aliphatic hydroxyl groups excluding tert-OH is 3. The molecule has 0 radical (unpaired) electrons. The van der Waals surface area contributed by atoms with Crippen LogP contribution < -0.4 is 16.4 Å². The third kappa shape index (κ3) is 3.96. The third-order valence-corrected chi connectivity index (χ3v) is 8.01. The standard InChI is InChI=1S/C27H32N4O9/c1-5-8-29-13(32)9-30-12-7-6-11-10(2)14-16(21(34)15(11)20(12)33)24(37)27(40)18(22(14)35)19(31(3)4)23(36)17(25(27)38)26(28)39/h5-7,10,14,18-19,22,30,33-35,38,40H,1,8-9H2,2-4H3,(H2,28,39)(H,29,32)/t10-,14+,18+,19+,22-,27-/m1/s1. The van der Waals surface area contributed by atoms with Crippen LogP contribution in [0, 0.1) is 11.8 Å². The number of nitrogens with one attached hydrogen (secondary N) is 2. The van der Waals surface area contributed by atoms with Crippen molar-refractivity contribution in [3.05, 3.63) is 52.8 Å². The molecule has 0 saturated heterocycles.